The third-order valence-electron chi connectivity index (χ3n) is 2.99. The molecule has 0 unspecified atom stereocenters. The molecule has 0 aliphatic carbocycles. The van der Waals surface area contributed by atoms with E-state index in [-0.39, 0.29) is 5.82 Å². The molecule has 0 bridgehead atoms. The number of nitrogens with zero attached hydrogens (tertiary/aromatic N) is 2. The van der Waals surface area contributed by atoms with Crippen LogP contribution in [0.25, 0.3) is 11.4 Å². The second-order valence-electron chi connectivity index (χ2n) is 4.57. The number of nitrogens with two attached hydrogens (primary N) is 1. The molecule has 4 nitrogen and oxygen atoms in total. The number of halogens is 1. The minimum absolute atomic E-state index is 0.258. The van der Waals surface area contributed by atoms with Gasteiger partial charge in [-0.05, 0) is 50.1 Å². The summed E-state index contributed by atoms with van der Waals surface area (Å²) >= 11 is 0. The van der Waals surface area contributed by atoms with Gasteiger partial charge in [0.1, 0.15) is 5.82 Å². The molecule has 1 aromatic carbocycles. The molecule has 2 rings (SSSR count). The van der Waals surface area contributed by atoms with E-state index >= 15 is 0 Å². The summed E-state index contributed by atoms with van der Waals surface area (Å²) in [5, 5.41) is 3.94. The zero-order valence-corrected chi connectivity index (χ0v) is 11.0. The van der Waals surface area contributed by atoms with E-state index in [2.05, 4.69) is 10.1 Å². The fourth-order valence-corrected chi connectivity index (χ4v) is 1.94. The Morgan fingerprint density at radius 2 is 2.11 bits per heavy atom. The van der Waals surface area contributed by atoms with Crippen molar-refractivity contribution in [2.45, 2.75) is 32.6 Å². The van der Waals surface area contributed by atoms with Crippen LogP contribution in [-0.2, 0) is 6.42 Å². The third kappa shape index (κ3) is 3.61. The van der Waals surface area contributed by atoms with Crippen LogP contribution in [0.1, 0.15) is 30.7 Å². The van der Waals surface area contributed by atoms with Gasteiger partial charge in [0, 0.05) is 12.0 Å². The Bertz CT molecular complexity index is 539. The summed E-state index contributed by atoms with van der Waals surface area (Å²) in [6.07, 6.45) is 3.82. The van der Waals surface area contributed by atoms with Crippen molar-refractivity contribution in [3.63, 3.8) is 0 Å². The molecule has 1 aromatic heterocycles. The average molecular weight is 263 g/mol. The van der Waals surface area contributed by atoms with Crippen LogP contribution < -0.4 is 5.73 Å². The fourth-order valence-electron chi connectivity index (χ4n) is 1.94. The highest BCUT2D eigenvalue weighted by Crippen LogP contribution is 2.21. The maximum Gasteiger partial charge on any atom is 0.226 e. The Morgan fingerprint density at radius 1 is 1.26 bits per heavy atom. The molecule has 0 fully saturated rings. The van der Waals surface area contributed by atoms with Crippen molar-refractivity contribution in [2.75, 3.05) is 6.54 Å². The molecule has 0 saturated carbocycles. The van der Waals surface area contributed by atoms with Crippen molar-refractivity contribution in [2.24, 2.45) is 5.73 Å². The first-order chi connectivity index (χ1) is 9.20. The topological polar surface area (TPSA) is 64.9 Å². The van der Waals surface area contributed by atoms with Gasteiger partial charge >= 0.3 is 0 Å². The van der Waals surface area contributed by atoms with Gasteiger partial charge in [0.05, 0.1) is 0 Å². The van der Waals surface area contributed by atoms with Crippen molar-refractivity contribution in [1.82, 2.24) is 10.1 Å². The summed E-state index contributed by atoms with van der Waals surface area (Å²) in [7, 11) is 0. The van der Waals surface area contributed by atoms with Crippen LogP contribution in [0.4, 0.5) is 4.39 Å². The number of hydrogen-bond acceptors (Lipinski definition) is 4. The van der Waals surface area contributed by atoms with E-state index in [4.69, 9.17) is 10.3 Å². The van der Waals surface area contributed by atoms with E-state index in [0.717, 1.165) is 36.8 Å². The van der Waals surface area contributed by atoms with Gasteiger partial charge in [-0.25, -0.2) is 4.39 Å². The van der Waals surface area contributed by atoms with Gasteiger partial charge < -0.3 is 10.3 Å². The molecule has 0 amide bonds. The Kier molecular flexibility index (Phi) is 4.63. The number of aromatic nitrogens is 2. The molecule has 2 N–H and O–H groups in total. The van der Waals surface area contributed by atoms with Gasteiger partial charge in [-0.3, -0.25) is 0 Å². The summed E-state index contributed by atoms with van der Waals surface area (Å²) < 4.78 is 18.2. The molecule has 0 saturated heterocycles. The highest BCUT2D eigenvalue weighted by molar-refractivity contribution is 5.59. The first kappa shape index (κ1) is 13.7. The molecular formula is C14H18FN3O. The number of unbranched alkanes of at least 4 members (excludes halogenated alkanes) is 2. The van der Waals surface area contributed by atoms with Crippen LogP contribution >= 0.6 is 0 Å². The van der Waals surface area contributed by atoms with E-state index in [1.807, 2.05) is 6.92 Å². The predicted octanol–water partition coefficient (Wildman–Crippen LogP) is 2.86. The van der Waals surface area contributed by atoms with Crippen molar-refractivity contribution in [3.05, 3.63) is 35.5 Å². The van der Waals surface area contributed by atoms with E-state index in [9.17, 15) is 4.39 Å². The van der Waals surface area contributed by atoms with Gasteiger partial charge in [-0.2, -0.15) is 4.98 Å². The molecule has 0 aliphatic rings. The lowest BCUT2D eigenvalue weighted by atomic mass is 10.1. The highest BCUT2D eigenvalue weighted by Gasteiger charge is 2.11. The maximum atomic E-state index is 13.0. The van der Waals surface area contributed by atoms with Gasteiger partial charge in [0.2, 0.25) is 11.7 Å². The molecule has 0 atom stereocenters. The van der Waals surface area contributed by atoms with Gasteiger partial charge in [0.25, 0.3) is 0 Å². The number of benzene rings is 1. The van der Waals surface area contributed by atoms with Crippen LogP contribution in [0.2, 0.25) is 0 Å². The molecule has 0 radical (unpaired) electrons. The summed E-state index contributed by atoms with van der Waals surface area (Å²) in [5.74, 6) is 0.883. The van der Waals surface area contributed by atoms with E-state index in [1.54, 1.807) is 6.07 Å². The minimum atomic E-state index is -0.258. The monoisotopic (exact) mass is 263 g/mol. The number of rotatable bonds is 6. The predicted molar refractivity (Wildman–Crippen MR) is 71.0 cm³/mol. The normalized spacial score (nSPS) is 10.9. The molecule has 5 heteroatoms. The lowest BCUT2D eigenvalue weighted by molar-refractivity contribution is 0.374. The second kappa shape index (κ2) is 6.43. The van der Waals surface area contributed by atoms with Crippen LogP contribution in [0.5, 0.6) is 0 Å². The smallest absolute Gasteiger partial charge is 0.226 e. The number of aryl methyl sites for hydroxylation is 2. The molecule has 2 aromatic rings. The van der Waals surface area contributed by atoms with Crippen molar-refractivity contribution < 1.29 is 8.91 Å². The first-order valence-electron chi connectivity index (χ1n) is 6.50. The lowest BCUT2D eigenvalue weighted by Gasteiger charge is -1.99. The van der Waals surface area contributed by atoms with Crippen molar-refractivity contribution in [3.8, 4) is 11.4 Å². The average Bonchev–Trinajstić information content (AvgIpc) is 2.83. The number of hydrogen-bond donors (Lipinski definition) is 1. The van der Waals surface area contributed by atoms with Crippen LogP contribution in [0.15, 0.2) is 22.7 Å². The highest BCUT2D eigenvalue weighted by atomic mass is 19.1. The summed E-state index contributed by atoms with van der Waals surface area (Å²) in [6, 6.07) is 4.54. The third-order valence-corrected chi connectivity index (χ3v) is 2.99. The Morgan fingerprint density at radius 3 is 2.84 bits per heavy atom. The second-order valence-corrected chi connectivity index (χ2v) is 4.57. The maximum absolute atomic E-state index is 13.0. The van der Waals surface area contributed by atoms with E-state index in [0.29, 0.717) is 18.3 Å². The van der Waals surface area contributed by atoms with Crippen LogP contribution in [-0.4, -0.2) is 16.7 Å². The standard InChI is InChI=1S/C14H18FN3O/c1-10-9-11(15)6-7-12(10)14-17-13(19-18-14)5-3-2-4-8-16/h6-7,9H,2-5,8,16H2,1H3. The summed E-state index contributed by atoms with van der Waals surface area (Å²) in [4.78, 5) is 4.34. The molecule has 1 heterocycles. The van der Waals surface area contributed by atoms with Gasteiger partial charge in [-0.1, -0.05) is 11.6 Å². The largest absolute Gasteiger partial charge is 0.339 e. The van der Waals surface area contributed by atoms with Crippen molar-refractivity contribution >= 4 is 0 Å². The Hall–Kier alpha value is -1.75. The van der Waals surface area contributed by atoms with Crippen LogP contribution in [0, 0.1) is 12.7 Å². The lowest BCUT2D eigenvalue weighted by Crippen LogP contribution is -1.98. The van der Waals surface area contributed by atoms with Gasteiger partial charge in [-0.15, -0.1) is 0 Å². The SMILES string of the molecule is Cc1cc(F)ccc1-c1noc(CCCCCN)n1. The van der Waals surface area contributed by atoms with Crippen molar-refractivity contribution in [1.29, 1.82) is 0 Å². The zero-order chi connectivity index (χ0) is 13.7. The van der Waals surface area contributed by atoms with E-state index < -0.39 is 0 Å². The Balaban J connectivity index is 2.04. The fraction of sp³-hybridized carbons (Fsp3) is 0.429. The molecule has 0 aliphatic heterocycles. The molecule has 19 heavy (non-hydrogen) atoms. The Labute approximate surface area is 111 Å². The van der Waals surface area contributed by atoms with E-state index in [1.165, 1.54) is 12.1 Å². The quantitative estimate of drug-likeness (QED) is 0.814. The summed E-state index contributed by atoms with van der Waals surface area (Å²) in [5.41, 5.74) is 7.04. The minimum Gasteiger partial charge on any atom is -0.339 e. The molecular weight excluding hydrogens is 245 g/mol. The van der Waals surface area contributed by atoms with Gasteiger partial charge in [0.15, 0.2) is 0 Å². The molecule has 102 valence electrons. The zero-order valence-electron chi connectivity index (χ0n) is 11.0. The molecule has 0 spiro atoms. The summed E-state index contributed by atoms with van der Waals surface area (Å²) in [6.45, 7) is 2.54. The first-order valence-corrected chi connectivity index (χ1v) is 6.50. The van der Waals surface area contributed by atoms with Crippen LogP contribution in [0.3, 0.4) is 0 Å².